The van der Waals surface area contributed by atoms with E-state index in [1.54, 1.807) is 0 Å². The lowest BCUT2D eigenvalue weighted by Crippen LogP contribution is -2.35. The van der Waals surface area contributed by atoms with E-state index in [4.69, 9.17) is 5.73 Å². The number of aromatic nitrogens is 1. The molecule has 4 nitrogen and oxygen atoms in total. The molecule has 0 aliphatic carbocycles. The third-order valence-corrected chi connectivity index (χ3v) is 4.88. The van der Waals surface area contributed by atoms with E-state index in [9.17, 15) is 0 Å². The second-order valence-corrected chi connectivity index (χ2v) is 6.74. The van der Waals surface area contributed by atoms with Gasteiger partial charge < -0.3 is 10.6 Å². The summed E-state index contributed by atoms with van der Waals surface area (Å²) in [5.41, 5.74) is 8.15. The lowest BCUT2D eigenvalue weighted by molar-refractivity contribution is 0.163. The summed E-state index contributed by atoms with van der Waals surface area (Å²) in [5, 5.41) is 0. The van der Waals surface area contributed by atoms with Crippen LogP contribution in [0.4, 0.5) is 11.5 Å². The number of likely N-dealkylation sites (tertiary alicyclic amines) is 1. The van der Waals surface area contributed by atoms with E-state index in [2.05, 4.69) is 46.1 Å². The molecule has 0 amide bonds. The molecule has 1 fully saturated rings. The molecule has 1 atom stereocenters. The van der Waals surface area contributed by atoms with E-state index < -0.39 is 0 Å². The quantitative estimate of drug-likeness (QED) is 0.884. The number of para-hydroxylation sites is 1. The topological polar surface area (TPSA) is 45.4 Å². The first-order chi connectivity index (χ1) is 11.8. The Hall–Kier alpha value is -1.91. The molecule has 2 N–H and O–H groups in total. The fraction of sp³-hybridized carbons (Fsp3) is 0.450. The zero-order valence-corrected chi connectivity index (χ0v) is 14.6. The first kappa shape index (κ1) is 16.9. The van der Waals surface area contributed by atoms with Gasteiger partial charge >= 0.3 is 0 Å². The maximum Gasteiger partial charge on any atom is 0.132 e. The zero-order chi connectivity index (χ0) is 16.8. The van der Waals surface area contributed by atoms with Crippen molar-refractivity contribution in [2.45, 2.75) is 25.8 Å². The molecular formula is C20H28N4. The van der Waals surface area contributed by atoms with Gasteiger partial charge in [0, 0.05) is 32.0 Å². The van der Waals surface area contributed by atoms with Gasteiger partial charge in [-0.05, 0) is 62.0 Å². The Morgan fingerprint density at radius 3 is 2.75 bits per heavy atom. The van der Waals surface area contributed by atoms with E-state index in [1.807, 2.05) is 24.4 Å². The molecule has 1 unspecified atom stereocenters. The van der Waals surface area contributed by atoms with Crippen LogP contribution in [0.1, 0.15) is 24.8 Å². The molecule has 0 spiro atoms. The Morgan fingerprint density at radius 2 is 2.04 bits per heavy atom. The average molecular weight is 324 g/mol. The third kappa shape index (κ3) is 4.34. The van der Waals surface area contributed by atoms with Gasteiger partial charge in [-0.25, -0.2) is 4.98 Å². The summed E-state index contributed by atoms with van der Waals surface area (Å²) in [6.45, 7) is 4.15. The summed E-state index contributed by atoms with van der Waals surface area (Å²) in [7, 11) is 2.05. The number of benzene rings is 1. The van der Waals surface area contributed by atoms with Crippen LogP contribution >= 0.6 is 0 Å². The fourth-order valence-electron chi connectivity index (χ4n) is 3.52. The van der Waals surface area contributed by atoms with Crippen LogP contribution in [-0.4, -0.2) is 36.6 Å². The van der Waals surface area contributed by atoms with Crippen molar-refractivity contribution in [3.8, 4) is 0 Å². The lowest BCUT2D eigenvalue weighted by Gasteiger charge is -2.32. The highest BCUT2D eigenvalue weighted by atomic mass is 15.2. The molecule has 0 bridgehead atoms. The van der Waals surface area contributed by atoms with Crippen LogP contribution in [0.25, 0.3) is 0 Å². The molecule has 0 radical (unpaired) electrons. The van der Waals surface area contributed by atoms with Crippen LogP contribution in [0.5, 0.6) is 0 Å². The molecule has 2 heterocycles. The number of piperidine rings is 1. The van der Waals surface area contributed by atoms with Gasteiger partial charge in [0.15, 0.2) is 0 Å². The Bertz CT molecular complexity index is 609. The maximum absolute atomic E-state index is 5.72. The SMILES string of the molecule is CN(c1ccccc1)c1ccc(CN2CCCC(CCN)C2)cn1. The molecule has 1 saturated heterocycles. The summed E-state index contributed by atoms with van der Waals surface area (Å²) < 4.78 is 0. The van der Waals surface area contributed by atoms with E-state index in [0.29, 0.717) is 0 Å². The Morgan fingerprint density at radius 1 is 1.21 bits per heavy atom. The lowest BCUT2D eigenvalue weighted by atomic mass is 9.94. The first-order valence-electron chi connectivity index (χ1n) is 8.92. The van der Waals surface area contributed by atoms with Gasteiger partial charge in [0.1, 0.15) is 5.82 Å². The van der Waals surface area contributed by atoms with Crippen molar-refractivity contribution in [1.82, 2.24) is 9.88 Å². The van der Waals surface area contributed by atoms with Crippen LogP contribution in [0.15, 0.2) is 48.7 Å². The summed E-state index contributed by atoms with van der Waals surface area (Å²) in [6, 6.07) is 14.6. The molecule has 1 aromatic heterocycles. The van der Waals surface area contributed by atoms with Gasteiger partial charge in [0.25, 0.3) is 0 Å². The van der Waals surface area contributed by atoms with E-state index in [1.165, 1.54) is 31.5 Å². The molecule has 1 aliphatic rings. The molecule has 3 rings (SSSR count). The van der Waals surface area contributed by atoms with Crippen LogP contribution in [0.3, 0.4) is 0 Å². The molecule has 4 heteroatoms. The first-order valence-corrected chi connectivity index (χ1v) is 8.92. The van der Waals surface area contributed by atoms with Crippen LogP contribution < -0.4 is 10.6 Å². The minimum Gasteiger partial charge on any atom is -0.330 e. The summed E-state index contributed by atoms with van der Waals surface area (Å²) in [6.07, 6.45) is 5.77. The van der Waals surface area contributed by atoms with Gasteiger partial charge in [0.2, 0.25) is 0 Å². The van der Waals surface area contributed by atoms with Gasteiger partial charge in [-0.2, -0.15) is 0 Å². The van der Waals surface area contributed by atoms with Crippen molar-refractivity contribution in [1.29, 1.82) is 0 Å². The van der Waals surface area contributed by atoms with Crippen molar-refractivity contribution >= 4 is 11.5 Å². The highest BCUT2D eigenvalue weighted by Gasteiger charge is 2.19. The van der Waals surface area contributed by atoms with Crippen LogP contribution in [0, 0.1) is 5.92 Å². The van der Waals surface area contributed by atoms with Crippen molar-refractivity contribution in [2.24, 2.45) is 11.7 Å². The molecular weight excluding hydrogens is 296 g/mol. The predicted molar refractivity (Wildman–Crippen MR) is 100 cm³/mol. The highest BCUT2D eigenvalue weighted by Crippen LogP contribution is 2.23. The number of hydrogen-bond donors (Lipinski definition) is 1. The van der Waals surface area contributed by atoms with Gasteiger partial charge in [-0.1, -0.05) is 24.3 Å². The average Bonchev–Trinajstić information content (AvgIpc) is 2.63. The van der Waals surface area contributed by atoms with E-state index in [-0.39, 0.29) is 0 Å². The Kier molecular flexibility index (Phi) is 5.83. The van der Waals surface area contributed by atoms with Gasteiger partial charge in [-0.3, -0.25) is 4.90 Å². The zero-order valence-electron chi connectivity index (χ0n) is 14.6. The number of pyridine rings is 1. The second-order valence-electron chi connectivity index (χ2n) is 6.74. The van der Waals surface area contributed by atoms with Crippen molar-refractivity contribution < 1.29 is 0 Å². The van der Waals surface area contributed by atoms with Gasteiger partial charge in [0.05, 0.1) is 0 Å². The smallest absolute Gasteiger partial charge is 0.132 e. The number of hydrogen-bond acceptors (Lipinski definition) is 4. The van der Waals surface area contributed by atoms with Crippen molar-refractivity contribution in [3.63, 3.8) is 0 Å². The predicted octanol–water partition coefficient (Wildman–Crippen LogP) is 3.41. The largest absolute Gasteiger partial charge is 0.330 e. The molecule has 0 saturated carbocycles. The Balaban J connectivity index is 1.60. The molecule has 1 aliphatic heterocycles. The molecule has 2 aromatic rings. The Labute approximate surface area is 145 Å². The standard InChI is InChI=1S/C20H28N4/c1-23(19-7-3-2-4-8-19)20-10-9-18(14-22-20)16-24-13-5-6-17(15-24)11-12-21/h2-4,7-10,14,17H,5-6,11-13,15-16,21H2,1H3. The normalized spacial score (nSPS) is 18.5. The van der Waals surface area contributed by atoms with Crippen molar-refractivity contribution in [2.75, 3.05) is 31.6 Å². The number of nitrogens with zero attached hydrogens (tertiary/aromatic N) is 3. The molecule has 1 aromatic carbocycles. The fourth-order valence-corrected chi connectivity index (χ4v) is 3.52. The van der Waals surface area contributed by atoms with E-state index >= 15 is 0 Å². The number of rotatable bonds is 6. The maximum atomic E-state index is 5.72. The summed E-state index contributed by atoms with van der Waals surface area (Å²) in [4.78, 5) is 9.31. The summed E-state index contributed by atoms with van der Waals surface area (Å²) >= 11 is 0. The number of nitrogens with two attached hydrogens (primary N) is 1. The third-order valence-electron chi connectivity index (χ3n) is 4.88. The monoisotopic (exact) mass is 324 g/mol. The number of anilines is 2. The minimum atomic E-state index is 0.764. The van der Waals surface area contributed by atoms with Crippen LogP contribution in [0.2, 0.25) is 0 Å². The van der Waals surface area contributed by atoms with Crippen molar-refractivity contribution in [3.05, 3.63) is 54.2 Å². The summed E-state index contributed by atoms with van der Waals surface area (Å²) in [5.74, 6) is 1.74. The van der Waals surface area contributed by atoms with E-state index in [0.717, 1.165) is 36.9 Å². The minimum absolute atomic E-state index is 0.764. The molecule has 128 valence electrons. The molecule has 24 heavy (non-hydrogen) atoms. The highest BCUT2D eigenvalue weighted by molar-refractivity contribution is 5.58. The second kappa shape index (κ2) is 8.27. The van der Waals surface area contributed by atoms with Gasteiger partial charge in [-0.15, -0.1) is 0 Å². The van der Waals surface area contributed by atoms with Crippen LogP contribution in [-0.2, 0) is 6.54 Å².